The van der Waals surface area contributed by atoms with Crippen molar-refractivity contribution in [2.45, 2.75) is 38.5 Å². The van der Waals surface area contributed by atoms with Gasteiger partial charge in [0.2, 0.25) is 10.0 Å². The van der Waals surface area contributed by atoms with Crippen molar-refractivity contribution in [3.63, 3.8) is 0 Å². The van der Waals surface area contributed by atoms with Crippen molar-refractivity contribution in [3.8, 4) is 0 Å². The van der Waals surface area contributed by atoms with Crippen LogP contribution in [0.15, 0.2) is 47.4 Å². The SMILES string of the molecule is CCCCN(C)S(=O)(=O)c1ccc(C(=O)N(CCN(CC)CC)c2nc3c(F)cccc3s2)cc1. The number of carbonyl (C=O) groups is 1. The van der Waals surface area contributed by atoms with E-state index in [4.69, 9.17) is 0 Å². The van der Waals surface area contributed by atoms with Crippen molar-refractivity contribution in [1.82, 2.24) is 14.2 Å². The molecular formula is C25H33FN4O3S2. The standard InChI is InChI=1S/C25H33FN4O3S2/c1-5-8-16-28(4)35(32,33)20-14-12-19(13-15-20)24(31)30(18-17-29(6-2)7-3)25-27-23-21(26)10-9-11-22(23)34-25/h9-15H,5-8,16-18H2,1-4H3. The van der Waals surface area contributed by atoms with E-state index in [-0.39, 0.29) is 16.3 Å². The van der Waals surface area contributed by atoms with Crippen LogP contribution in [0.4, 0.5) is 9.52 Å². The van der Waals surface area contributed by atoms with E-state index in [0.29, 0.717) is 35.0 Å². The Bertz CT molecular complexity index is 1240. The molecular weight excluding hydrogens is 487 g/mol. The molecule has 1 amide bonds. The fourth-order valence-corrected chi connectivity index (χ4v) is 5.90. The summed E-state index contributed by atoms with van der Waals surface area (Å²) in [6, 6.07) is 10.7. The molecule has 0 atom stereocenters. The predicted molar refractivity (Wildman–Crippen MR) is 140 cm³/mol. The van der Waals surface area contributed by atoms with Gasteiger partial charge in [-0.1, -0.05) is 44.6 Å². The van der Waals surface area contributed by atoms with Gasteiger partial charge in [-0.2, -0.15) is 0 Å². The summed E-state index contributed by atoms with van der Waals surface area (Å²) in [6.45, 7) is 9.24. The average molecular weight is 521 g/mol. The minimum atomic E-state index is -3.63. The number of fused-ring (bicyclic) bond motifs is 1. The van der Waals surface area contributed by atoms with Gasteiger partial charge in [-0.15, -0.1) is 0 Å². The van der Waals surface area contributed by atoms with Crippen LogP contribution in [-0.4, -0.2) is 68.3 Å². The quantitative estimate of drug-likeness (QED) is 0.342. The number of likely N-dealkylation sites (N-methyl/N-ethyl adjacent to an activating group) is 1. The van der Waals surface area contributed by atoms with E-state index in [1.807, 2.05) is 6.92 Å². The minimum Gasteiger partial charge on any atom is -0.302 e. The molecule has 0 saturated heterocycles. The van der Waals surface area contributed by atoms with Gasteiger partial charge in [0.25, 0.3) is 5.91 Å². The van der Waals surface area contributed by atoms with E-state index < -0.39 is 15.8 Å². The Morgan fingerprint density at radius 3 is 2.29 bits per heavy atom. The highest BCUT2D eigenvalue weighted by molar-refractivity contribution is 7.89. The van der Waals surface area contributed by atoms with Gasteiger partial charge in [0.15, 0.2) is 5.13 Å². The highest BCUT2D eigenvalue weighted by atomic mass is 32.2. The topological polar surface area (TPSA) is 73.8 Å². The fourth-order valence-electron chi connectivity index (χ4n) is 3.69. The Balaban J connectivity index is 1.91. The number of unbranched alkanes of at least 4 members (excludes halogenated alkanes) is 1. The summed E-state index contributed by atoms with van der Waals surface area (Å²) < 4.78 is 41.9. The molecule has 2 aromatic carbocycles. The zero-order valence-corrected chi connectivity index (χ0v) is 22.3. The van der Waals surface area contributed by atoms with E-state index in [2.05, 4.69) is 23.7 Å². The maximum Gasteiger partial charge on any atom is 0.260 e. The van der Waals surface area contributed by atoms with Crippen LogP contribution < -0.4 is 4.90 Å². The Morgan fingerprint density at radius 1 is 1.00 bits per heavy atom. The van der Waals surface area contributed by atoms with Gasteiger partial charge in [-0.3, -0.25) is 9.69 Å². The summed E-state index contributed by atoms with van der Waals surface area (Å²) >= 11 is 1.26. The second-order valence-electron chi connectivity index (χ2n) is 8.27. The Hall–Kier alpha value is -2.40. The number of amides is 1. The number of hydrogen-bond acceptors (Lipinski definition) is 6. The molecule has 10 heteroatoms. The number of para-hydroxylation sites is 1. The van der Waals surface area contributed by atoms with Gasteiger partial charge >= 0.3 is 0 Å². The van der Waals surface area contributed by atoms with Crippen LogP contribution in [0.25, 0.3) is 10.2 Å². The van der Waals surface area contributed by atoms with E-state index in [1.54, 1.807) is 24.1 Å². The van der Waals surface area contributed by atoms with E-state index >= 15 is 0 Å². The average Bonchev–Trinajstić information content (AvgIpc) is 3.30. The van der Waals surface area contributed by atoms with Crippen LogP contribution in [0.3, 0.4) is 0 Å². The van der Waals surface area contributed by atoms with Crippen LogP contribution in [-0.2, 0) is 10.0 Å². The fraction of sp³-hybridized carbons (Fsp3) is 0.440. The van der Waals surface area contributed by atoms with Gasteiger partial charge in [-0.05, 0) is 55.9 Å². The summed E-state index contributed by atoms with van der Waals surface area (Å²) in [5.41, 5.74) is 0.587. The number of anilines is 1. The largest absolute Gasteiger partial charge is 0.302 e. The summed E-state index contributed by atoms with van der Waals surface area (Å²) in [5, 5.41) is 0.415. The van der Waals surface area contributed by atoms with Crippen molar-refractivity contribution in [3.05, 3.63) is 53.8 Å². The first-order valence-corrected chi connectivity index (χ1v) is 14.1. The Kier molecular flexibility index (Phi) is 9.34. The lowest BCUT2D eigenvalue weighted by atomic mass is 10.2. The maximum absolute atomic E-state index is 14.3. The summed E-state index contributed by atoms with van der Waals surface area (Å²) in [4.78, 5) is 21.9. The Morgan fingerprint density at radius 2 is 1.69 bits per heavy atom. The van der Waals surface area contributed by atoms with Gasteiger partial charge in [0, 0.05) is 32.2 Å². The summed E-state index contributed by atoms with van der Waals surface area (Å²) in [5.74, 6) is -0.734. The van der Waals surface area contributed by atoms with Gasteiger partial charge in [0.1, 0.15) is 11.3 Å². The van der Waals surface area contributed by atoms with Crippen molar-refractivity contribution < 1.29 is 17.6 Å². The molecule has 1 aromatic heterocycles. The predicted octanol–water partition coefficient (Wildman–Crippen LogP) is 4.84. The lowest BCUT2D eigenvalue weighted by Crippen LogP contribution is -2.38. The normalized spacial score (nSPS) is 12.1. The van der Waals surface area contributed by atoms with Gasteiger partial charge in [-0.25, -0.2) is 22.1 Å². The van der Waals surface area contributed by atoms with Crippen LogP contribution in [0.2, 0.25) is 0 Å². The number of thiazole rings is 1. The van der Waals surface area contributed by atoms with Crippen LogP contribution >= 0.6 is 11.3 Å². The molecule has 3 rings (SSSR count). The first-order chi connectivity index (χ1) is 16.7. The molecule has 7 nitrogen and oxygen atoms in total. The lowest BCUT2D eigenvalue weighted by Gasteiger charge is -2.25. The first-order valence-electron chi connectivity index (χ1n) is 11.9. The number of rotatable bonds is 12. The second kappa shape index (κ2) is 12.0. The smallest absolute Gasteiger partial charge is 0.260 e. The molecule has 0 saturated carbocycles. The number of sulfonamides is 1. The molecule has 0 fully saturated rings. The minimum absolute atomic E-state index is 0.143. The molecule has 0 aliphatic carbocycles. The molecule has 0 N–H and O–H groups in total. The van der Waals surface area contributed by atoms with Gasteiger partial charge < -0.3 is 4.90 Å². The summed E-state index contributed by atoms with van der Waals surface area (Å²) in [6.07, 6.45) is 1.67. The third-order valence-corrected chi connectivity index (χ3v) is 8.92. The van der Waals surface area contributed by atoms with E-state index in [1.165, 1.54) is 46.0 Å². The second-order valence-corrected chi connectivity index (χ2v) is 11.3. The molecule has 0 aliphatic heterocycles. The molecule has 35 heavy (non-hydrogen) atoms. The molecule has 190 valence electrons. The van der Waals surface area contributed by atoms with Crippen molar-refractivity contribution in [1.29, 1.82) is 0 Å². The van der Waals surface area contributed by atoms with Crippen molar-refractivity contribution in [2.24, 2.45) is 0 Å². The number of nitrogens with zero attached hydrogens (tertiary/aromatic N) is 4. The van der Waals surface area contributed by atoms with Crippen LogP contribution in [0.1, 0.15) is 44.0 Å². The third kappa shape index (κ3) is 6.24. The van der Waals surface area contributed by atoms with Gasteiger partial charge in [0.05, 0.1) is 9.60 Å². The molecule has 0 spiro atoms. The number of aromatic nitrogens is 1. The molecule has 0 radical (unpaired) electrons. The maximum atomic E-state index is 14.3. The highest BCUT2D eigenvalue weighted by Crippen LogP contribution is 2.31. The van der Waals surface area contributed by atoms with Crippen molar-refractivity contribution in [2.75, 3.05) is 44.7 Å². The number of benzene rings is 2. The highest BCUT2D eigenvalue weighted by Gasteiger charge is 2.25. The zero-order valence-electron chi connectivity index (χ0n) is 20.7. The Labute approximate surface area is 211 Å². The number of carbonyl (C=O) groups excluding carboxylic acids is 1. The number of halogens is 1. The zero-order chi connectivity index (χ0) is 25.6. The van der Waals surface area contributed by atoms with E-state index in [0.717, 1.165) is 25.9 Å². The molecule has 3 aromatic rings. The number of hydrogen-bond donors (Lipinski definition) is 0. The molecule has 0 bridgehead atoms. The first kappa shape index (κ1) is 27.2. The van der Waals surface area contributed by atoms with E-state index in [9.17, 15) is 17.6 Å². The lowest BCUT2D eigenvalue weighted by molar-refractivity contribution is 0.0983. The molecule has 0 aliphatic rings. The summed E-state index contributed by atoms with van der Waals surface area (Å²) in [7, 11) is -2.07. The molecule has 0 unspecified atom stereocenters. The monoisotopic (exact) mass is 520 g/mol. The van der Waals surface area contributed by atoms with Crippen LogP contribution in [0.5, 0.6) is 0 Å². The van der Waals surface area contributed by atoms with Crippen LogP contribution in [0, 0.1) is 5.82 Å². The van der Waals surface area contributed by atoms with Crippen molar-refractivity contribution >= 4 is 42.6 Å². The third-order valence-electron chi connectivity index (χ3n) is 6.00. The molecule has 1 heterocycles.